The number of aromatic hydroxyl groups is 2. The first-order valence-corrected chi connectivity index (χ1v) is 26.9. The summed E-state index contributed by atoms with van der Waals surface area (Å²) in [5, 5.41) is 65.6. The van der Waals surface area contributed by atoms with Crippen LogP contribution in [0.25, 0.3) is 0 Å². The maximum absolute atomic E-state index is 13.9. The van der Waals surface area contributed by atoms with Crippen LogP contribution in [0, 0.1) is 17.8 Å². The zero-order valence-corrected chi connectivity index (χ0v) is 46.6. The second-order valence-electron chi connectivity index (χ2n) is 21.1. The van der Waals surface area contributed by atoms with Gasteiger partial charge in [0.05, 0.1) is 49.8 Å². The Morgan fingerprint density at radius 2 is 1.24 bits per heavy atom. The highest BCUT2D eigenvalue weighted by Crippen LogP contribution is 2.21. The van der Waals surface area contributed by atoms with Crippen LogP contribution >= 0.6 is 0 Å². The molecule has 0 aromatic heterocycles. The predicted octanol–water partition coefficient (Wildman–Crippen LogP) is 2.45. The number of carbonyl (C=O) groups is 8. The fourth-order valence-corrected chi connectivity index (χ4v) is 8.80. The standard InChI is InChI=1S/C57H85N7O14/c1-10-11-12-13-14-15-16-17-47(70)59-42(28-37-18-23-40(66)24-19-37)45(68)30-48(71)62-52(35(4)5)55(75)60-43(32-65)46(69)31-49(72)61-51(34(2)3)54(74)58-39-22-27-50(73)64(9)53(36(6)7)56(76)63(8)44(57(77)78-33-39)29-38-20-25-41(67)26-21-38/h15-16,18-27,34-36,39,42-46,51-53,65-69H,10-14,17,28-33H2,1-9H3,(H,58,74)(H,59,70)(H,60,75)(H,61,72)(H,62,71)/b16-15-,27-22?/t39-,42+,43+,44+,45+,46+,51+,52+,53+/m1/s1. The van der Waals surface area contributed by atoms with E-state index >= 15 is 0 Å². The zero-order chi connectivity index (χ0) is 58.2. The predicted molar refractivity (Wildman–Crippen MR) is 292 cm³/mol. The average molecular weight is 1090 g/mol. The summed E-state index contributed by atoms with van der Waals surface area (Å²) >= 11 is 0. The van der Waals surface area contributed by atoms with Gasteiger partial charge < -0.3 is 66.7 Å². The van der Waals surface area contributed by atoms with Crippen molar-refractivity contribution in [1.82, 2.24) is 36.4 Å². The Kier molecular flexibility index (Phi) is 27.5. The van der Waals surface area contributed by atoms with Crippen LogP contribution in [0.3, 0.4) is 0 Å². The number of phenols is 2. The smallest absolute Gasteiger partial charge is 0.329 e. The number of cyclic esters (lactones) is 1. The van der Waals surface area contributed by atoms with E-state index in [1.807, 2.05) is 6.08 Å². The summed E-state index contributed by atoms with van der Waals surface area (Å²) in [7, 11) is 2.89. The van der Waals surface area contributed by atoms with Crippen LogP contribution in [0.4, 0.5) is 0 Å². The van der Waals surface area contributed by atoms with Crippen molar-refractivity contribution in [3.05, 3.63) is 84.0 Å². The molecule has 0 saturated carbocycles. The highest BCUT2D eigenvalue weighted by Gasteiger charge is 2.38. The molecule has 1 aliphatic rings. The molecule has 1 heterocycles. The topological polar surface area (TPSA) is 314 Å². The lowest BCUT2D eigenvalue weighted by Crippen LogP contribution is -2.57. The molecule has 0 aliphatic carbocycles. The number of hydrogen-bond donors (Lipinski definition) is 10. The quantitative estimate of drug-likeness (QED) is 0.0333. The van der Waals surface area contributed by atoms with Crippen LogP contribution in [0.2, 0.25) is 0 Å². The molecular weight excluding hydrogens is 1010 g/mol. The summed E-state index contributed by atoms with van der Waals surface area (Å²) in [6.45, 7) is 10.9. The van der Waals surface area contributed by atoms with E-state index in [0.717, 1.165) is 38.2 Å². The fraction of sp³-hybridized carbons (Fsp3) is 0.579. The lowest BCUT2D eigenvalue weighted by Gasteiger charge is -2.36. The fourth-order valence-electron chi connectivity index (χ4n) is 8.80. The van der Waals surface area contributed by atoms with Gasteiger partial charge in [-0.3, -0.25) is 33.6 Å². The molecular formula is C57H85N7O14. The number of benzene rings is 2. The van der Waals surface area contributed by atoms with Crippen molar-refractivity contribution >= 4 is 47.3 Å². The number of allylic oxidation sites excluding steroid dienone is 1. The number of hydrogen-bond acceptors (Lipinski definition) is 14. The molecule has 3 rings (SSSR count). The Labute approximate surface area is 458 Å². The van der Waals surface area contributed by atoms with Crippen LogP contribution in [0.5, 0.6) is 11.5 Å². The lowest BCUT2D eigenvalue weighted by molar-refractivity contribution is -0.157. The van der Waals surface area contributed by atoms with E-state index in [1.54, 1.807) is 71.9 Å². The number of rotatable bonds is 28. The summed E-state index contributed by atoms with van der Waals surface area (Å²) in [5.74, 6) is -6.89. The molecule has 0 unspecified atom stereocenters. The largest absolute Gasteiger partial charge is 0.508 e. The van der Waals surface area contributed by atoms with Crippen LogP contribution < -0.4 is 26.6 Å². The Morgan fingerprint density at radius 1 is 0.692 bits per heavy atom. The number of phenolic OH excluding ortho intramolecular Hbond substituents is 2. The molecule has 10 N–H and O–H groups in total. The van der Waals surface area contributed by atoms with Crippen LogP contribution in [0.1, 0.15) is 111 Å². The van der Waals surface area contributed by atoms with Gasteiger partial charge in [-0.2, -0.15) is 0 Å². The van der Waals surface area contributed by atoms with E-state index in [2.05, 4.69) is 33.5 Å². The number of likely N-dealkylation sites (N-methyl/N-ethyl adjacent to an activating group) is 2. The highest BCUT2D eigenvalue weighted by molar-refractivity contribution is 5.95. The average Bonchev–Trinajstić information content (AvgIpc) is 3.39. The second-order valence-corrected chi connectivity index (χ2v) is 21.1. The van der Waals surface area contributed by atoms with Crippen molar-refractivity contribution in [3.63, 3.8) is 0 Å². The molecule has 0 bridgehead atoms. The van der Waals surface area contributed by atoms with Gasteiger partial charge in [-0.1, -0.05) is 110 Å². The summed E-state index contributed by atoms with van der Waals surface area (Å²) in [5.41, 5.74) is 1.27. The Balaban J connectivity index is 1.70. The van der Waals surface area contributed by atoms with Gasteiger partial charge in [0.2, 0.25) is 41.4 Å². The summed E-state index contributed by atoms with van der Waals surface area (Å²) in [6.07, 6.45) is 7.14. The van der Waals surface area contributed by atoms with Crippen LogP contribution in [-0.2, 0) is 55.9 Å². The third-order valence-corrected chi connectivity index (χ3v) is 13.5. The number of nitrogens with one attached hydrogen (secondary N) is 5. The number of aliphatic hydroxyl groups is 3. The first-order valence-electron chi connectivity index (χ1n) is 26.9. The minimum atomic E-state index is -1.70. The van der Waals surface area contributed by atoms with E-state index in [0.29, 0.717) is 11.1 Å². The van der Waals surface area contributed by atoms with Gasteiger partial charge >= 0.3 is 5.97 Å². The van der Waals surface area contributed by atoms with E-state index in [9.17, 15) is 63.9 Å². The molecule has 432 valence electrons. The molecule has 0 spiro atoms. The normalized spacial score (nSPS) is 18.8. The number of amides is 7. The van der Waals surface area contributed by atoms with E-state index in [1.165, 1.54) is 54.2 Å². The third kappa shape index (κ3) is 21.5. The Bertz CT molecular complexity index is 2340. The molecule has 0 fully saturated rings. The monoisotopic (exact) mass is 1090 g/mol. The third-order valence-electron chi connectivity index (χ3n) is 13.5. The van der Waals surface area contributed by atoms with Gasteiger partial charge in [0, 0.05) is 33.0 Å². The van der Waals surface area contributed by atoms with E-state index in [4.69, 9.17) is 4.74 Å². The van der Waals surface area contributed by atoms with Gasteiger partial charge in [-0.15, -0.1) is 0 Å². The van der Waals surface area contributed by atoms with E-state index < -0.39 is 134 Å². The van der Waals surface area contributed by atoms with Crippen molar-refractivity contribution in [1.29, 1.82) is 0 Å². The molecule has 0 saturated heterocycles. The number of nitrogens with zero attached hydrogens (tertiary/aromatic N) is 2. The van der Waals surface area contributed by atoms with Crippen molar-refractivity contribution in [3.8, 4) is 11.5 Å². The number of carbonyl (C=O) groups excluding carboxylic acids is 8. The molecule has 0 radical (unpaired) electrons. The minimum absolute atomic E-state index is 0.000734. The molecule has 9 atom stereocenters. The molecule has 7 amide bonds. The van der Waals surface area contributed by atoms with Crippen molar-refractivity contribution in [2.24, 2.45) is 17.8 Å². The van der Waals surface area contributed by atoms with Crippen molar-refractivity contribution < 1.29 is 68.6 Å². The van der Waals surface area contributed by atoms with Gasteiger partial charge in [0.1, 0.15) is 42.3 Å². The Hall–Kier alpha value is -6.84. The van der Waals surface area contributed by atoms with Gasteiger partial charge in [0.15, 0.2) is 0 Å². The number of unbranched alkanes of at least 4 members (excludes halogenated alkanes) is 4. The maximum atomic E-state index is 13.9. The van der Waals surface area contributed by atoms with Crippen LogP contribution in [0.15, 0.2) is 72.8 Å². The van der Waals surface area contributed by atoms with Crippen molar-refractivity contribution in [2.45, 2.75) is 167 Å². The SMILES string of the molecule is CCCCCC/C=C\CC(=O)N[C@@H](Cc1ccc(O)cc1)[C@@H](O)CC(=O)N[C@H](C(=O)N[C@@H](CO)[C@@H](O)CC(=O)N[C@H](C(=O)N[C@@H]1C=CC(=O)N(C)[C@@H](C(C)C)C(=O)N(C)[C@@H](Cc2ccc(O)cc2)C(=O)OC1)C(C)C)C(C)C. The summed E-state index contributed by atoms with van der Waals surface area (Å²) in [6, 6.07) is 4.12. The molecule has 2 aromatic carbocycles. The number of aliphatic hydroxyl groups excluding tert-OH is 3. The van der Waals surface area contributed by atoms with Crippen LogP contribution in [-0.4, -0.2) is 164 Å². The molecule has 21 heteroatoms. The number of esters is 1. The summed E-state index contributed by atoms with van der Waals surface area (Å²) < 4.78 is 5.69. The molecule has 2 aromatic rings. The first kappa shape index (κ1) is 65.4. The Morgan fingerprint density at radius 3 is 1.78 bits per heavy atom. The lowest BCUT2D eigenvalue weighted by atomic mass is 9.97. The zero-order valence-electron chi connectivity index (χ0n) is 46.6. The van der Waals surface area contributed by atoms with Gasteiger partial charge in [0.25, 0.3) is 0 Å². The maximum Gasteiger partial charge on any atom is 0.329 e. The van der Waals surface area contributed by atoms with E-state index in [-0.39, 0.29) is 42.6 Å². The summed E-state index contributed by atoms with van der Waals surface area (Å²) in [4.78, 5) is 111. The van der Waals surface area contributed by atoms with Gasteiger partial charge in [-0.05, 0) is 72.4 Å². The molecule has 21 nitrogen and oxygen atoms in total. The van der Waals surface area contributed by atoms with Crippen molar-refractivity contribution in [2.75, 3.05) is 27.3 Å². The number of ether oxygens (including phenoxy) is 1. The minimum Gasteiger partial charge on any atom is -0.508 e. The molecule has 1 aliphatic heterocycles. The first-order chi connectivity index (χ1) is 36.9. The highest BCUT2D eigenvalue weighted by atomic mass is 16.5. The second kappa shape index (κ2) is 32.8. The molecule has 78 heavy (non-hydrogen) atoms. The van der Waals surface area contributed by atoms with Gasteiger partial charge in [-0.25, -0.2) is 4.79 Å².